The molecule has 1 aliphatic rings. The van der Waals surface area contributed by atoms with Gasteiger partial charge in [-0.25, -0.2) is 12.7 Å². The first kappa shape index (κ1) is 20.9. The van der Waals surface area contributed by atoms with E-state index in [1.54, 1.807) is 6.92 Å². The maximum atomic E-state index is 12.6. The fourth-order valence-electron chi connectivity index (χ4n) is 3.28. The second-order valence-corrected chi connectivity index (χ2v) is 10.5. The molecule has 1 fully saturated rings. The van der Waals surface area contributed by atoms with Crippen LogP contribution in [0, 0.1) is 5.92 Å². The smallest absolute Gasteiger partial charge is 0.224 e. The summed E-state index contributed by atoms with van der Waals surface area (Å²) in [5.74, 6) is -0.257. The van der Waals surface area contributed by atoms with E-state index in [4.69, 9.17) is 0 Å². The molecule has 5 nitrogen and oxygen atoms in total. The standard InChI is InChI=1S/C20H32N2O3S/c1-6-26(24,25)22-13-7-8-17(14-22)19(23)21-15(2)16-9-11-18(12-10-16)20(3,4)5/h9-12,15,17H,6-8,13-14H2,1-5H3,(H,21,23). The van der Waals surface area contributed by atoms with Gasteiger partial charge in [0.25, 0.3) is 0 Å². The van der Waals surface area contributed by atoms with Crippen molar-refractivity contribution in [2.24, 2.45) is 5.92 Å². The van der Waals surface area contributed by atoms with Crippen molar-refractivity contribution in [2.75, 3.05) is 18.8 Å². The minimum Gasteiger partial charge on any atom is -0.349 e. The molecule has 0 aliphatic carbocycles. The monoisotopic (exact) mass is 380 g/mol. The molecule has 26 heavy (non-hydrogen) atoms. The lowest BCUT2D eigenvalue weighted by Gasteiger charge is -2.31. The zero-order chi connectivity index (χ0) is 19.5. The van der Waals surface area contributed by atoms with Gasteiger partial charge in [-0.3, -0.25) is 4.79 Å². The second-order valence-electron chi connectivity index (χ2n) is 8.20. The summed E-state index contributed by atoms with van der Waals surface area (Å²) in [5, 5.41) is 3.05. The number of nitrogens with one attached hydrogen (secondary N) is 1. The molecule has 1 heterocycles. The molecule has 1 N–H and O–H groups in total. The topological polar surface area (TPSA) is 66.5 Å². The molecule has 0 saturated carbocycles. The molecule has 1 aromatic carbocycles. The highest BCUT2D eigenvalue weighted by atomic mass is 32.2. The third-order valence-electron chi connectivity index (χ3n) is 5.15. The number of rotatable bonds is 5. The van der Waals surface area contributed by atoms with Gasteiger partial charge < -0.3 is 5.32 Å². The fraction of sp³-hybridized carbons (Fsp3) is 0.650. The number of hydrogen-bond acceptors (Lipinski definition) is 3. The summed E-state index contributed by atoms with van der Waals surface area (Å²) in [7, 11) is -3.23. The Morgan fingerprint density at radius 2 is 1.88 bits per heavy atom. The molecule has 0 bridgehead atoms. The molecule has 1 aliphatic heterocycles. The predicted molar refractivity (Wildman–Crippen MR) is 105 cm³/mol. The van der Waals surface area contributed by atoms with Gasteiger partial charge in [0.2, 0.25) is 15.9 Å². The van der Waals surface area contributed by atoms with Crippen LogP contribution in [0.4, 0.5) is 0 Å². The Morgan fingerprint density at radius 3 is 2.42 bits per heavy atom. The maximum Gasteiger partial charge on any atom is 0.224 e. The number of amides is 1. The molecule has 0 aromatic heterocycles. The molecule has 1 amide bonds. The highest BCUT2D eigenvalue weighted by Crippen LogP contribution is 2.25. The number of piperidine rings is 1. The van der Waals surface area contributed by atoms with E-state index in [0.717, 1.165) is 18.4 Å². The van der Waals surface area contributed by atoms with Gasteiger partial charge in [0, 0.05) is 13.1 Å². The lowest BCUT2D eigenvalue weighted by Crippen LogP contribution is -2.46. The van der Waals surface area contributed by atoms with Crippen molar-refractivity contribution in [3.05, 3.63) is 35.4 Å². The molecule has 1 saturated heterocycles. The van der Waals surface area contributed by atoms with Crippen LogP contribution >= 0.6 is 0 Å². The van der Waals surface area contributed by atoms with E-state index in [9.17, 15) is 13.2 Å². The lowest BCUT2D eigenvalue weighted by molar-refractivity contribution is -0.126. The van der Waals surface area contributed by atoms with E-state index in [2.05, 4.69) is 50.4 Å². The number of carbonyl (C=O) groups is 1. The van der Waals surface area contributed by atoms with Gasteiger partial charge in [-0.15, -0.1) is 0 Å². The van der Waals surface area contributed by atoms with Crippen molar-refractivity contribution < 1.29 is 13.2 Å². The van der Waals surface area contributed by atoms with Crippen LogP contribution in [-0.2, 0) is 20.2 Å². The number of sulfonamides is 1. The average molecular weight is 381 g/mol. The Kier molecular flexibility index (Phi) is 6.51. The molecule has 0 radical (unpaired) electrons. The van der Waals surface area contributed by atoms with Gasteiger partial charge in [-0.2, -0.15) is 0 Å². The lowest BCUT2D eigenvalue weighted by atomic mass is 9.86. The number of hydrogen-bond donors (Lipinski definition) is 1. The minimum absolute atomic E-state index is 0.0617. The van der Waals surface area contributed by atoms with E-state index in [0.29, 0.717) is 6.54 Å². The van der Waals surface area contributed by atoms with Gasteiger partial charge in [-0.05, 0) is 43.2 Å². The molecule has 2 unspecified atom stereocenters. The molecule has 1 aromatic rings. The Hall–Kier alpha value is -1.40. The van der Waals surface area contributed by atoms with Crippen LogP contribution in [0.25, 0.3) is 0 Å². The van der Waals surface area contributed by atoms with Crippen molar-refractivity contribution in [3.63, 3.8) is 0 Å². The Labute approximate surface area is 158 Å². The number of carbonyl (C=O) groups excluding carboxylic acids is 1. The van der Waals surface area contributed by atoms with Crippen molar-refractivity contribution >= 4 is 15.9 Å². The SMILES string of the molecule is CCS(=O)(=O)N1CCCC(C(=O)NC(C)c2ccc(C(C)(C)C)cc2)C1. The van der Waals surface area contributed by atoms with E-state index in [1.807, 2.05) is 6.92 Å². The summed E-state index contributed by atoms with van der Waals surface area (Å²) in [6, 6.07) is 8.22. The summed E-state index contributed by atoms with van der Waals surface area (Å²) in [5.41, 5.74) is 2.41. The molecule has 146 valence electrons. The van der Waals surface area contributed by atoms with E-state index in [-0.39, 0.29) is 35.6 Å². The third-order valence-corrected chi connectivity index (χ3v) is 7.00. The van der Waals surface area contributed by atoms with Crippen LogP contribution < -0.4 is 5.32 Å². The predicted octanol–water partition coefficient (Wildman–Crippen LogP) is 3.22. The van der Waals surface area contributed by atoms with Gasteiger partial charge in [0.05, 0.1) is 17.7 Å². The van der Waals surface area contributed by atoms with Crippen molar-refractivity contribution in [1.82, 2.24) is 9.62 Å². The number of nitrogens with zero attached hydrogens (tertiary/aromatic N) is 1. The molecule has 6 heteroatoms. The van der Waals surface area contributed by atoms with Crippen LogP contribution in [-0.4, -0.2) is 37.5 Å². The number of benzene rings is 1. The van der Waals surface area contributed by atoms with E-state index >= 15 is 0 Å². The molecular weight excluding hydrogens is 348 g/mol. The molecule has 2 atom stereocenters. The third kappa shape index (κ3) is 5.07. The highest BCUT2D eigenvalue weighted by Gasteiger charge is 2.31. The summed E-state index contributed by atoms with van der Waals surface area (Å²) in [6.45, 7) is 10.9. The summed E-state index contributed by atoms with van der Waals surface area (Å²) in [6.07, 6.45) is 1.46. The first-order chi connectivity index (χ1) is 12.0. The summed E-state index contributed by atoms with van der Waals surface area (Å²) >= 11 is 0. The second kappa shape index (κ2) is 8.09. The zero-order valence-corrected chi connectivity index (χ0v) is 17.4. The van der Waals surface area contributed by atoms with Crippen molar-refractivity contribution in [1.29, 1.82) is 0 Å². The van der Waals surface area contributed by atoms with Crippen LogP contribution in [0.3, 0.4) is 0 Å². The minimum atomic E-state index is -3.23. The van der Waals surface area contributed by atoms with E-state index < -0.39 is 10.0 Å². The van der Waals surface area contributed by atoms with Crippen LogP contribution in [0.5, 0.6) is 0 Å². The molecular formula is C20H32N2O3S. The average Bonchev–Trinajstić information content (AvgIpc) is 2.61. The first-order valence-electron chi connectivity index (χ1n) is 9.43. The maximum absolute atomic E-state index is 12.6. The largest absolute Gasteiger partial charge is 0.349 e. The van der Waals surface area contributed by atoms with Crippen LogP contribution in [0.15, 0.2) is 24.3 Å². The Morgan fingerprint density at radius 1 is 1.27 bits per heavy atom. The zero-order valence-electron chi connectivity index (χ0n) is 16.6. The van der Waals surface area contributed by atoms with E-state index in [1.165, 1.54) is 9.87 Å². The summed E-state index contributed by atoms with van der Waals surface area (Å²) < 4.78 is 25.6. The normalized spacial score (nSPS) is 20.6. The molecule has 2 rings (SSSR count). The van der Waals surface area contributed by atoms with Gasteiger partial charge in [0.1, 0.15) is 0 Å². The van der Waals surface area contributed by atoms with Crippen LogP contribution in [0.1, 0.15) is 64.6 Å². The summed E-state index contributed by atoms with van der Waals surface area (Å²) in [4.78, 5) is 12.6. The van der Waals surface area contributed by atoms with Gasteiger partial charge >= 0.3 is 0 Å². The van der Waals surface area contributed by atoms with Crippen LogP contribution in [0.2, 0.25) is 0 Å². The first-order valence-corrected chi connectivity index (χ1v) is 11.0. The fourth-order valence-corrected chi connectivity index (χ4v) is 4.46. The van der Waals surface area contributed by atoms with Gasteiger partial charge in [-0.1, -0.05) is 45.0 Å². The highest BCUT2D eigenvalue weighted by molar-refractivity contribution is 7.89. The quantitative estimate of drug-likeness (QED) is 0.853. The van der Waals surface area contributed by atoms with Crippen molar-refractivity contribution in [2.45, 2.75) is 58.9 Å². The molecule has 0 spiro atoms. The van der Waals surface area contributed by atoms with Crippen molar-refractivity contribution in [3.8, 4) is 0 Å². The Balaban J connectivity index is 2.00. The Bertz CT molecular complexity index is 720. The van der Waals surface area contributed by atoms with Gasteiger partial charge in [0.15, 0.2) is 0 Å².